The number of aromatic nitrogens is 2. The van der Waals surface area contributed by atoms with Crippen molar-refractivity contribution in [2.24, 2.45) is 0 Å². The summed E-state index contributed by atoms with van der Waals surface area (Å²) in [4.78, 5) is 23.9. The van der Waals surface area contributed by atoms with E-state index in [0.29, 0.717) is 13.0 Å². The van der Waals surface area contributed by atoms with Crippen LogP contribution in [0.15, 0.2) is 67.0 Å². The third kappa shape index (κ3) is 4.90. The fraction of sp³-hybridized carbons (Fsp3) is 0.320. The summed E-state index contributed by atoms with van der Waals surface area (Å²) in [5.41, 5.74) is 3.79. The molecule has 2 aromatic carbocycles. The summed E-state index contributed by atoms with van der Waals surface area (Å²) in [6.45, 7) is 1.46. The average molecular weight is 404 g/mol. The second-order valence-corrected chi connectivity index (χ2v) is 7.82. The minimum absolute atomic E-state index is 0.144. The number of likely N-dealkylation sites (tertiary alicyclic amines) is 1. The molecule has 30 heavy (non-hydrogen) atoms. The van der Waals surface area contributed by atoms with E-state index in [0.717, 1.165) is 49.2 Å². The van der Waals surface area contributed by atoms with E-state index in [1.807, 2.05) is 23.1 Å². The fourth-order valence-electron chi connectivity index (χ4n) is 4.15. The quantitative estimate of drug-likeness (QED) is 0.581. The lowest BCUT2D eigenvalue weighted by molar-refractivity contribution is -0.132. The maximum Gasteiger partial charge on any atom is 0.222 e. The number of carbonyl (C=O) groups is 1. The zero-order valence-corrected chi connectivity index (χ0v) is 17.0. The molecule has 1 amide bonds. The number of carbonyl (C=O) groups excluding carboxylic acids is 1. The Kier molecular flexibility index (Phi) is 6.47. The lowest BCUT2D eigenvalue weighted by Crippen LogP contribution is -2.39. The largest absolute Gasteiger partial charge is 0.342 e. The molecular weight excluding hydrogens is 377 g/mol. The number of halogens is 1. The van der Waals surface area contributed by atoms with Crippen molar-refractivity contribution in [3.63, 3.8) is 0 Å². The van der Waals surface area contributed by atoms with Crippen molar-refractivity contribution in [3.8, 4) is 11.3 Å². The van der Waals surface area contributed by atoms with Crippen LogP contribution in [0.1, 0.15) is 42.9 Å². The molecule has 1 aliphatic heterocycles. The number of benzene rings is 2. The highest BCUT2D eigenvalue weighted by Gasteiger charge is 2.27. The van der Waals surface area contributed by atoms with Crippen LogP contribution in [-0.4, -0.2) is 33.9 Å². The van der Waals surface area contributed by atoms with Crippen molar-refractivity contribution in [2.45, 2.75) is 38.0 Å². The van der Waals surface area contributed by atoms with Gasteiger partial charge in [-0.25, -0.2) is 4.39 Å². The number of hydrogen-bond acceptors (Lipinski definition) is 3. The second kappa shape index (κ2) is 9.61. The maximum absolute atomic E-state index is 13.3. The van der Waals surface area contributed by atoms with Gasteiger partial charge in [0.05, 0.1) is 11.4 Å². The lowest BCUT2D eigenvalue weighted by atomic mass is 9.91. The molecule has 5 heteroatoms. The monoisotopic (exact) mass is 403 g/mol. The molecule has 1 fully saturated rings. The first-order valence-electron chi connectivity index (χ1n) is 10.6. The number of hydrogen-bond donors (Lipinski definition) is 0. The van der Waals surface area contributed by atoms with Gasteiger partial charge < -0.3 is 4.90 Å². The van der Waals surface area contributed by atoms with E-state index in [4.69, 9.17) is 0 Å². The molecule has 1 atom stereocenters. The van der Waals surface area contributed by atoms with E-state index in [2.05, 4.69) is 22.1 Å². The van der Waals surface area contributed by atoms with Gasteiger partial charge in [0.15, 0.2) is 0 Å². The van der Waals surface area contributed by atoms with Gasteiger partial charge in [-0.05, 0) is 55.5 Å². The first-order valence-corrected chi connectivity index (χ1v) is 10.6. The van der Waals surface area contributed by atoms with E-state index in [1.54, 1.807) is 24.5 Å². The summed E-state index contributed by atoms with van der Waals surface area (Å²) in [5.74, 6) is 0.0857. The molecule has 0 bridgehead atoms. The number of nitrogens with zero attached hydrogens (tertiary/aromatic N) is 3. The van der Waals surface area contributed by atoms with Gasteiger partial charge in [0.1, 0.15) is 5.82 Å². The number of rotatable bonds is 6. The lowest BCUT2D eigenvalue weighted by Gasteiger charge is -2.33. The fourth-order valence-corrected chi connectivity index (χ4v) is 4.15. The van der Waals surface area contributed by atoms with Crippen LogP contribution in [0.5, 0.6) is 0 Å². The van der Waals surface area contributed by atoms with Crippen LogP contribution in [0.4, 0.5) is 4.39 Å². The predicted octanol–water partition coefficient (Wildman–Crippen LogP) is 5.01. The first-order chi connectivity index (χ1) is 14.7. The zero-order chi connectivity index (χ0) is 20.8. The standard InChI is InChI=1S/C25H26FN3O/c26-22-13-11-20(12-14-22)24-25(28-16-15-27-24)21-9-5-17-29(18-21)23(30)10-4-8-19-6-2-1-3-7-19/h1-3,6-7,11-16,21H,4-5,8-10,17-18H2/t21-/m1/s1. The molecule has 2 heterocycles. The summed E-state index contributed by atoms with van der Waals surface area (Å²) in [6, 6.07) is 16.6. The number of piperidine rings is 1. The third-order valence-electron chi connectivity index (χ3n) is 5.70. The molecule has 4 rings (SSSR count). The molecular formula is C25H26FN3O. The third-order valence-corrected chi connectivity index (χ3v) is 5.70. The van der Waals surface area contributed by atoms with Crippen LogP contribution >= 0.6 is 0 Å². The SMILES string of the molecule is O=C(CCCc1ccccc1)N1CCC[C@@H](c2nccnc2-c2ccc(F)cc2)C1. The molecule has 4 nitrogen and oxygen atoms in total. The van der Waals surface area contributed by atoms with Gasteiger partial charge in [-0.15, -0.1) is 0 Å². The average Bonchev–Trinajstić information content (AvgIpc) is 2.80. The molecule has 0 saturated carbocycles. The van der Waals surface area contributed by atoms with Gasteiger partial charge >= 0.3 is 0 Å². The molecule has 1 aromatic heterocycles. The minimum Gasteiger partial charge on any atom is -0.342 e. The summed E-state index contributed by atoms with van der Waals surface area (Å²) in [5, 5.41) is 0. The van der Waals surface area contributed by atoms with Crippen molar-refractivity contribution < 1.29 is 9.18 Å². The van der Waals surface area contributed by atoms with Crippen LogP contribution in [0.2, 0.25) is 0 Å². The predicted molar refractivity (Wildman–Crippen MR) is 115 cm³/mol. The molecule has 1 aliphatic rings. The Morgan fingerprint density at radius 2 is 1.80 bits per heavy atom. The topological polar surface area (TPSA) is 46.1 Å². The smallest absolute Gasteiger partial charge is 0.222 e. The summed E-state index contributed by atoms with van der Waals surface area (Å²) in [6.07, 6.45) is 7.63. The molecule has 0 aliphatic carbocycles. The summed E-state index contributed by atoms with van der Waals surface area (Å²) in [7, 11) is 0. The Balaban J connectivity index is 1.41. The molecule has 0 radical (unpaired) electrons. The van der Waals surface area contributed by atoms with E-state index in [1.165, 1.54) is 17.7 Å². The van der Waals surface area contributed by atoms with Crippen LogP contribution in [0, 0.1) is 5.82 Å². The van der Waals surface area contributed by atoms with Crippen molar-refractivity contribution in [3.05, 3.63) is 84.1 Å². The first kappa shape index (κ1) is 20.2. The Hall–Kier alpha value is -3.08. The highest BCUT2D eigenvalue weighted by Crippen LogP contribution is 2.32. The Morgan fingerprint density at radius 1 is 1.03 bits per heavy atom. The Labute approximate surface area is 176 Å². The zero-order valence-electron chi connectivity index (χ0n) is 17.0. The highest BCUT2D eigenvalue weighted by molar-refractivity contribution is 5.76. The van der Waals surface area contributed by atoms with Crippen LogP contribution in [-0.2, 0) is 11.2 Å². The molecule has 0 N–H and O–H groups in total. The van der Waals surface area contributed by atoms with E-state index >= 15 is 0 Å². The Morgan fingerprint density at radius 3 is 2.60 bits per heavy atom. The van der Waals surface area contributed by atoms with Crippen LogP contribution < -0.4 is 0 Å². The van der Waals surface area contributed by atoms with Gasteiger partial charge in [0.25, 0.3) is 0 Å². The van der Waals surface area contributed by atoms with Crippen LogP contribution in [0.3, 0.4) is 0 Å². The molecule has 0 unspecified atom stereocenters. The maximum atomic E-state index is 13.3. The summed E-state index contributed by atoms with van der Waals surface area (Å²) < 4.78 is 13.3. The van der Waals surface area contributed by atoms with E-state index < -0.39 is 0 Å². The number of aryl methyl sites for hydroxylation is 1. The van der Waals surface area contributed by atoms with Gasteiger partial charge in [0.2, 0.25) is 5.91 Å². The van der Waals surface area contributed by atoms with Crippen molar-refractivity contribution in [2.75, 3.05) is 13.1 Å². The molecule has 154 valence electrons. The van der Waals surface area contributed by atoms with Gasteiger partial charge in [0, 0.05) is 43.4 Å². The van der Waals surface area contributed by atoms with E-state index in [-0.39, 0.29) is 17.6 Å². The number of amides is 1. The Bertz CT molecular complexity index is 975. The second-order valence-electron chi connectivity index (χ2n) is 7.82. The van der Waals surface area contributed by atoms with Gasteiger partial charge in [-0.2, -0.15) is 0 Å². The summed E-state index contributed by atoms with van der Waals surface area (Å²) >= 11 is 0. The molecule has 3 aromatic rings. The van der Waals surface area contributed by atoms with Gasteiger partial charge in [-0.1, -0.05) is 30.3 Å². The van der Waals surface area contributed by atoms with Crippen LogP contribution in [0.25, 0.3) is 11.3 Å². The molecule has 1 saturated heterocycles. The highest BCUT2D eigenvalue weighted by atomic mass is 19.1. The van der Waals surface area contributed by atoms with E-state index in [9.17, 15) is 9.18 Å². The van der Waals surface area contributed by atoms with Crippen molar-refractivity contribution >= 4 is 5.91 Å². The van der Waals surface area contributed by atoms with Crippen molar-refractivity contribution in [1.29, 1.82) is 0 Å². The molecule has 0 spiro atoms. The normalized spacial score (nSPS) is 16.4. The van der Waals surface area contributed by atoms with Gasteiger partial charge in [-0.3, -0.25) is 14.8 Å². The van der Waals surface area contributed by atoms with Crippen molar-refractivity contribution in [1.82, 2.24) is 14.9 Å². The minimum atomic E-state index is -0.269.